The van der Waals surface area contributed by atoms with Crippen LogP contribution in [0.1, 0.15) is 26.2 Å². The van der Waals surface area contributed by atoms with Crippen LogP contribution in [0.25, 0.3) is 0 Å². The number of esters is 1. The molecule has 42 heavy (non-hydrogen) atoms. The Labute approximate surface area is 221 Å². The fraction of sp³-hybridized carbons (Fsp3) is 0.947. The Kier molecular flexibility index (Phi) is 10.5. The van der Waals surface area contributed by atoms with E-state index < -0.39 is 110 Å². The van der Waals surface area contributed by atoms with Gasteiger partial charge in [-0.05, 0) is 26.2 Å². The molecule has 0 aromatic carbocycles. The molecule has 5 nitrogen and oxygen atoms in total. The van der Waals surface area contributed by atoms with Crippen LogP contribution in [0.4, 0.5) is 79.0 Å². The van der Waals surface area contributed by atoms with Crippen LogP contribution in [0.15, 0.2) is 0 Å². The number of aliphatic hydroxyl groups is 2. The average molecular weight is 668 g/mol. The lowest BCUT2D eigenvalue weighted by Gasteiger charge is -2.48. The maximum absolute atomic E-state index is 13.4. The van der Waals surface area contributed by atoms with Gasteiger partial charge in [0, 0.05) is 11.8 Å². The maximum atomic E-state index is 13.4. The maximum Gasteiger partial charge on any atom is 0.426 e. The Morgan fingerprint density at radius 1 is 0.643 bits per heavy atom. The van der Waals surface area contributed by atoms with Gasteiger partial charge in [-0.3, -0.25) is 4.79 Å². The Morgan fingerprint density at radius 3 is 1.21 bits per heavy atom. The van der Waals surface area contributed by atoms with Crippen LogP contribution in [0.3, 0.4) is 0 Å². The van der Waals surface area contributed by atoms with Gasteiger partial charge in [0.05, 0.1) is 12.5 Å². The number of hydrogen-bond acceptors (Lipinski definition) is 5. The summed E-state index contributed by atoms with van der Waals surface area (Å²) in [7, 11) is 0. The van der Waals surface area contributed by atoms with E-state index in [1.807, 2.05) is 0 Å². The lowest BCUT2D eigenvalue weighted by Crippen LogP contribution is -2.67. The first-order chi connectivity index (χ1) is 18.2. The largest absolute Gasteiger partial charge is 0.462 e. The van der Waals surface area contributed by atoms with Crippen LogP contribution in [-0.2, 0) is 14.3 Å². The highest BCUT2D eigenvalue weighted by atomic mass is 19.4. The number of carbonyl (C=O) groups is 1. The van der Waals surface area contributed by atoms with Gasteiger partial charge in [-0.25, -0.2) is 0 Å². The van der Waals surface area contributed by atoms with Crippen molar-refractivity contribution in [2.24, 2.45) is 17.8 Å². The Morgan fingerprint density at radius 2 is 0.952 bits per heavy atom. The van der Waals surface area contributed by atoms with E-state index in [4.69, 9.17) is 0 Å². The predicted octanol–water partition coefficient (Wildman–Crippen LogP) is 6.17. The zero-order valence-corrected chi connectivity index (χ0v) is 20.1. The van der Waals surface area contributed by atoms with Gasteiger partial charge < -0.3 is 19.7 Å². The molecule has 1 saturated carbocycles. The van der Waals surface area contributed by atoms with E-state index in [1.54, 1.807) is 0 Å². The third-order valence-corrected chi connectivity index (χ3v) is 6.37. The molecule has 1 rings (SSSR count). The molecule has 3 unspecified atom stereocenters. The second kappa shape index (κ2) is 11.5. The molecule has 0 bridgehead atoms. The third kappa shape index (κ3) is 7.59. The van der Waals surface area contributed by atoms with Gasteiger partial charge in [-0.1, -0.05) is 0 Å². The van der Waals surface area contributed by atoms with Gasteiger partial charge in [0.15, 0.2) is 0 Å². The average Bonchev–Trinajstić information content (AvgIpc) is 2.72. The normalized spacial score (nSPS) is 23.2. The van der Waals surface area contributed by atoms with Gasteiger partial charge in [0.1, 0.15) is 6.10 Å². The minimum atomic E-state index is -6.83. The van der Waals surface area contributed by atoms with E-state index in [0.29, 0.717) is 6.92 Å². The number of hydrogen-bond donors (Lipinski definition) is 2. The van der Waals surface area contributed by atoms with E-state index in [9.17, 15) is 94.0 Å². The summed E-state index contributed by atoms with van der Waals surface area (Å²) in [5.41, 5.74) is -12.1. The van der Waals surface area contributed by atoms with Crippen molar-refractivity contribution in [2.45, 2.75) is 86.7 Å². The van der Waals surface area contributed by atoms with Gasteiger partial charge in [-0.2, -0.15) is 79.0 Å². The highest BCUT2D eigenvalue weighted by molar-refractivity contribution is 5.72. The molecule has 0 saturated heterocycles. The molecule has 2 N–H and O–H groups in total. The molecule has 1 aliphatic carbocycles. The molecule has 0 heterocycles. The quantitative estimate of drug-likeness (QED) is 0.251. The highest BCUT2D eigenvalue weighted by Gasteiger charge is 2.78. The molecule has 250 valence electrons. The van der Waals surface area contributed by atoms with Crippen LogP contribution >= 0.6 is 0 Å². The van der Waals surface area contributed by atoms with Crippen molar-refractivity contribution in [3.05, 3.63) is 0 Å². The van der Waals surface area contributed by atoms with Gasteiger partial charge in [0.2, 0.25) is 6.10 Å². The standard InChI is InChI=1S/C19H18F18O5/c1-6(5-41-11(14(20,21)22)15(23,24)25)10(38)42-9-3-7(12(39,16(26,27)28)17(29,30)31)2-8(4-9)13(40,18(32,33)34)19(35,36)37/h6-9,11,39-40H,2-5H2,1H3. The monoisotopic (exact) mass is 668 g/mol. The molecule has 0 spiro atoms. The van der Waals surface area contributed by atoms with Crippen molar-refractivity contribution in [2.75, 3.05) is 6.61 Å². The summed E-state index contributed by atoms with van der Waals surface area (Å²) in [6.45, 7) is -1.44. The fourth-order valence-corrected chi connectivity index (χ4v) is 4.26. The van der Waals surface area contributed by atoms with Crippen LogP contribution in [0.2, 0.25) is 0 Å². The van der Waals surface area contributed by atoms with E-state index in [2.05, 4.69) is 9.47 Å². The summed E-state index contributed by atoms with van der Waals surface area (Å²) in [4.78, 5) is 12.1. The van der Waals surface area contributed by atoms with Crippen LogP contribution in [0, 0.1) is 17.8 Å². The summed E-state index contributed by atoms with van der Waals surface area (Å²) < 4.78 is 244. The van der Waals surface area contributed by atoms with Crippen molar-refractivity contribution in [1.29, 1.82) is 0 Å². The van der Waals surface area contributed by atoms with Crippen molar-refractivity contribution in [3.8, 4) is 0 Å². The van der Waals surface area contributed by atoms with Gasteiger partial charge in [-0.15, -0.1) is 0 Å². The first kappa shape index (κ1) is 38.1. The lowest BCUT2D eigenvalue weighted by molar-refractivity contribution is -0.405. The summed E-state index contributed by atoms with van der Waals surface area (Å²) in [6, 6.07) is 0. The summed E-state index contributed by atoms with van der Waals surface area (Å²) >= 11 is 0. The van der Waals surface area contributed by atoms with Gasteiger partial charge >= 0.3 is 43.0 Å². The molecule has 1 fully saturated rings. The Bertz CT molecular complexity index is 840. The van der Waals surface area contributed by atoms with Crippen LogP contribution in [0.5, 0.6) is 0 Å². The molecule has 0 aliphatic heterocycles. The van der Waals surface area contributed by atoms with Crippen molar-refractivity contribution < 1.29 is 104 Å². The number of halogens is 18. The van der Waals surface area contributed by atoms with Crippen LogP contribution < -0.4 is 0 Å². The van der Waals surface area contributed by atoms with Crippen molar-refractivity contribution in [1.82, 2.24) is 0 Å². The molecule has 1 aliphatic rings. The molecule has 0 aromatic rings. The molecular formula is C19H18F18O5. The van der Waals surface area contributed by atoms with Gasteiger partial charge in [0.25, 0.3) is 11.2 Å². The van der Waals surface area contributed by atoms with E-state index in [1.165, 1.54) is 0 Å². The molecule has 23 heteroatoms. The SMILES string of the molecule is CC(COC(C(F)(F)F)C(F)(F)F)C(=O)OC1CC(C(O)(C(F)(F)F)C(F)(F)F)CC(C(O)(C(F)(F)F)C(F)(F)F)C1. The number of carbonyl (C=O) groups excluding carboxylic acids is 1. The zero-order chi connectivity index (χ0) is 33.7. The van der Waals surface area contributed by atoms with E-state index in [-0.39, 0.29) is 0 Å². The molecule has 0 aromatic heterocycles. The molecule has 3 atom stereocenters. The molecule has 0 amide bonds. The summed E-state index contributed by atoms with van der Waals surface area (Å²) in [6.07, 6.45) is -53.3. The first-order valence-corrected chi connectivity index (χ1v) is 10.9. The Hall–Kier alpha value is -1.91. The zero-order valence-electron chi connectivity index (χ0n) is 20.1. The summed E-state index contributed by atoms with van der Waals surface area (Å²) in [5.74, 6) is -11.9. The topological polar surface area (TPSA) is 76.0 Å². The summed E-state index contributed by atoms with van der Waals surface area (Å²) in [5, 5.41) is 19.2. The third-order valence-electron chi connectivity index (χ3n) is 6.37. The number of alkyl halides is 18. The number of rotatable bonds is 7. The van der Waals surface area contributed by atoms with Crippen molar-refractivity contribution in [3.63, 3.8) is 0 Å². The molecular weight excluding hydrogens is 650 g/mol. The first-order valence-electron chi connectivity index (χ1n) is 10.9. The Balaban J connectivity index is 3.49. The molecule has 0 radical (unpaired) electrons. The van der Waals surface area contributed by atoms with E-state index >= 15 is 0 Å². The minimum Gasteiger partial charge on any atom is -0.462 e. The predicted molar refractivity (Wildman–Crippen MR) is 95.8 cm³/mol. The number of ether oxygens (including phenoxy) is 2. The van der Waals surface area contributed by atoms with E-state index in [0.717, 1.165) is 0 Å². The second-order valence-electron chi connectivity index (χ2n) is 9.38. The lowest BCUT2D eigenvalue weighted by atomic mass is 9.65. The van der Waals surface area contributed by atoms with Crippen LogP contribution in [-0.4, -0.2) is 83.3 Å². The smallest absolute Gasteiger partial charge is 0.426 e. The minimum absolute atomic E-state index is 0.424. The highest BCUT2D eigenvalue weighted by Crippen LogP contribution is 2.58. The second-order valence-corrected chi connectivity index (χ2v) is 9.38. The fourth-order valence-electron chi connectivity index (χ4n) is 4.26. The van der Waals surface area contributed by atoms with Crippen molar-refractivity contribution >= 4 is 5.97 Å².